The van der Waals surface area contributed by atoms with Gasteiger partial charge in [-0.1, -0.05) is 24.3 Å². The van der Waals surface area contributed by atoms with E-state index in [1.54, 1.807) is 0 Å². The molecule has 0 aliphatic carbocycles. The van der Waals surface area contributed by atoms with E-state index in [0.29, 0.717) is 18.4 Å². The lowest BCUT2D eigenvalue weighted by atomic mass is 10.1. The highest BCUT2D eigenvalue weighted by Gasteiger charge is 2.21. The Morgan fingerprint density at radius 1 is 1.07 bits per heavy atom. The quantitative estimate of drug-likeness (QED) is 0.664. The molecule has 1 aromatic carbocycles. The van der Waals surface area contributed by atoms with Crippen LogP contribution in [0.5, 0.6) is 0 Å². The molecule has 158 valence electrons. The van der Waals surface area contributed by atoms with Crippen LogP contribution < -0.4 is 5.56 Å². The molecule has 7 nitrogen and oxygen atoms in total. The first-order chi connectivity index (χ1) is 14.4. The van der Waals surface area contributed by atoms with Crippen molar-refractivity contribution in [1.82, 2.24) is 24.0 Å². The maximum Gasteiger partial charge on any atom is 0.277 e. The highest BCUT2D eigenvalue weighted by molar-refractivity contribution is 5.76. The molecule has 0 spiro atoms. The SMILES string of the molecule is Cc1ccccc1-c1cc2n(C)c(C)c(CCC(=O)N3CCN(C)CC3)c(=O)n2n1. The number of rotatable bonds is 4. The summed E-state index contributed by atoms with van der Waals surface area (Å²) in [4.78, 5) is 30.0. The topological polar surface area (TPSA) is 62.9 Å². The number of likely N-dealkylation sites (N-methyl/N-ethyl adjacent to an activating group) is 1. The monoisotopic (exact) mass is 407 g/mol. The van der Waals surface area contributed by atoms with Gasteiger partial charge in [0.1, 0.15) is 5.65 Å². The van der Waals surface area contributed by atoms with E-state index in [9.17, 15) is 9.59 Å². The molecule has 3 heterocycles. The van der Waals surface area contributed by atoms with E-state index in [1.807, 2.05) is 60.7 Å². The van der Waals surface area contributed by atoms with Crippen molar-refractivity contribution >= 4 is 11.6 Å². The Balaban J connectivity index is 1.63. The molecule has 1 amide bonds. The summed E-state index contributed by atoms with van der Waals surface area (Å²) in [5.74, 6) is 0.116. The predicted octanol–water partition coefficient (Wildman–Crippen LogP) is 2.02. The van der Waals surface area contributed by atoms with Gasteiger partial charge in [0.25, 0.3) is 5.56 Å². The first-order valence-corrected chi connectivity index (χ1v) is 10.5. The molecule has 7 heteroatoms. The minimum Gasteiger partial charge on any atom is -0.340 e. The molecule has 1 fully saturated rings. The Labute approximate surface area is 176 Å². The van der Waals surface area contributed by atoms with Crippen LogP contribution in [0.3, 0.4) is 0 Å². The van der Waals surface area contributed by atoms with Gasteiger partial charge in [-0.25, -0.2) is 0 Å². The fourth-order valence-electron chi connectivity index (χ4n) is 4.14. The van der Waals surface area contributed by atoms with Gasteiger partial charge in [0.15, 0.2) is 0 Å². The summed E-state index contributed by atoms with van der Waals surface area (Å²) >= 11 is 0. The highest BCUT2D eigenvalue weighted by Crippen LogP contribution is 2.23. The molecule has 0 radical (unpaired) electrons. The van der Waals surface area contributed by atoms with Crippen molar-refractivity contribution in [1.29, 1.82) is 0 Å². The maximum atomic E-state index is 13.2. The zero-order valence-electron chi connectivity index (χ0n) is 18.2. The van der Waals surface area contributed by atoms with Crippen molar-refractivity contribution in [2.24, 2.45) is 7.05 Å². The fourth-order valence-corrected chi connectivity index (χ4v) is 4.14. The van der Waals surface area contributed by atoms with Crippen LogP contribution in [0.2, 0.25) is 0 Å². The van der Waals surface area contributed by atoms with Gasteiger partial charge in [-0.05, 0) is 32.9 Å². The smallest absolute Gasteiger partial charge is 0.277 e. The van der Waals surface area contributed by atoms with Gasteiger partial charge in [-0.2, -0.15) is 9.61 Å². The molecule has 30 heavy (non-hydrogen) atoms. The normalized spacial score (nSPS) is 15.1. The minimum atomic E-state index is -0.133. The lowest BCUT2D eigenvalue weighted by Crippen LogP contribution is -2.47. The summed E-state index contributed by atoms with van der Waals surface area (Å²) in [6.07, 6.45) is 0.774. The van der Waals surface area contributed by atoms with E-state index in [-0.39, 0.29) is 11.5 Å². The van der Waals surface area contributed by atoms with Crippen LogP contribution in [0, 0.1) is 13.8 Å². The number of aromatic nitrogens is 3. The average Bonchev–Trinajstić information content (AvgIpc) is 3.18. The number of piperazine rings is 1. The summed E-state index contributed by atoms with van der Waals surface area (Å²) in [5.41, 5.74) is 5.08. The second-order valence-corrected chi connectivity index (χ2v) is 8.23. The Morgan fingerprint density at radius 2 is 1.77 bits per heavy atom. The van der Waals surface area contributed by atoms with Crippen molar-refractivity contribution < 1.29 is 4.79 Å². The van der Waals surface area contributed by atoms with Crippen LogP contribution in [-0.2, 0) is 18.3 Å². The lowest BCUT2D eigenvalue weighted by molar-refractivity contribution is -0.132. The molecule has 2 aromatic heterocycles. The minimum absolute atomic E-state index is 0.116. The molecule has 0 unspecified atom stereocenters. The van der Waals surface area contributed by atoms with Gasteiger partial charge in [-0.3, -0.25) is 9.59 Å². The van der Waals surface area contributed by atoms with Crippen LogP contribution in [0.4, 0.5) is 0 Å². The first kappa shape index (κ1) is 20.3. The largest absolute Gasteiger partial charge is 0.340 e. The van der Waals surface area contributed by atoms with Crippen molar-refractivity contribution in [2.75, 3.05) is 33.2 Å². The first-order valence-electron chi connectivity index (χ1n) is 10.5. The van der Waals surface area contributed by atoms with E-state index >= 15 is 0 Å². The summed E-state index contributed by atoms with van der Waals surface area (Å²) in [6, 6.07) is 9.98. The number of hydrogen-bond acceptors (Lipinski definition) is 4. The molecule has 4 rings (SSSR count). The molecule has 1 aliphatic heterocycles. The van der Waals surface area contributed by atoms with Gasteiger partial charge in [-0.15, -0.1) is 0 Å². The van der Waals surface area contributed by atoms with Crippen molar-refractivity contribution in [3.63, 3.8) is 0 Å². The van der Waals surface area contributed by atoms with E-state index < -0.39 is 0 Å². The van der Waals surface area contributed by atoms with E-state index in [2.05, 4.69) is 17.0 Å². The third-order valence-corrected chi connectivity index (χ3v) is 6.29. The zero-order chi connectivity index (χ0) is 21.4. The molecule has 0 bridgehead atoms. The summed E-state index contributed by atoms with van der Waals surface area (Å²) in [5, 5.41) is 4.61. The van der Waals surface area contributed by atoms with Gasteiger partial charge >= 0.3 is 0 Å². The van der Waals surface area contributed by atoms with Crippen molar-refractivity contribution in [3.05, 3.63) is 57.5 Å². The predicted molar refractivity (Wildman–Crippen MR) is 118 cm³/mol. The standard InChI is InChI=1S/C23H29N5O2/c1-16-7-5-6-8-18(16)20-15-21-26(4)17(2)19(23(30)28(21)24-20)9-10-22(29)27-13-11-25(3)12-14-27/h5-8,15H,9-14H2,1-4H3. The molecule has 0 saturated carbocycles. The third kappa shape index (κ3) is 3.65. The molecule has 3 aromatic rings. The third-order valence-electron chi connectivity index (χ3n) is 6.29. The number of benzene rings is 1. The van der Waals surface area contributed by atoms with Gasteiger partial charge in [0.05, 0.1) is 5.69 Å². The van der Waals surface area contributed by atoms with Crippen LogP contribution in [0.25, 0.3) is 16.9 Å². The van der Waals surface area contributed by atoms with Crippen LogP contribution in [-0.4, -0.2) is 63.1 Å². The molecular formula is C23H29N5O2. The molecule has 0 atom stereocenters. The summed E-state index contributed by atoms with van der Waals surface area (Å²) in [7, 11) is 4.01. The molecule has 0 N–H and O–H groups in total. The number of amides is 1. The Kier molecular flexibility index (Phi) is 5.47. The molecular weight excluding hydrogens is 378 g/mol. The summed E-state index contributed by atoms with van der Waals surface area (Å²) < 4.78 is 3.47. The van der Waals surface area contributed by atoms with Gasteiger partial charge in [0, 0.05) is 62.5 Å². The maximum absolute atomic E-state index is 13.2. The molecule has 1 saturated heterocycles. The Bertz CT molecular complexity index is 1150. The van der Waals surface area contributed by atoms with Gasteiger partial charge in [0.2, 0.25) is 5.91 Å². The summed E-state index contributed by atoms with van der Waals surface area (Å²) in [6.45, 7) is 7.28. The second-order valence-electron chi connectivity index (χ2n) is 8.23. The van der Waals surface area contributed by atoms with Gasteiger partial charge < -0.3 is 14.4 Å². The number of carbonyl (C=O) groups is 1. The second kappa shape index (κ2) is 8.07. The van der Waals surface area contributed by atoms with Crippen molar-refractivity contribution in [2.45, 2.75) is 26.7 Å². The number of aryl methyl sites for hydroxylation is 2. The van der Waals surface area contributed by atoms with Crippen LogP contribution in [0.1, 0.15) is 23.2 Å². The number of nitrogens with zero attached hydrogens (tertiary/aromatic N) is 5. The van der Waals surface area contributed by atoms with Crippen molar-refractivity contribution in [3.8, 4) is 11.3 Å². The fraction of sp³-hybridized carbons (Fsp3) is 0.435. The Hall–Kier alpha value is -2.93. The number of carbonyl (C=O) groups excluding carboxylic acids is 1. The van der Waals surface area contributed by atoms with Crippen LogP contribution >= 0.6 is 0 Å². The average molecular weight is 408 g/mol. The number of hydrogen-bond donors (Lipinski definition) is 0. The zero-order valence-corrected chi connectivity index (χ0v) is 18.2. The molecule has 1 aliphatic rings. The number of fused-ring (bicyclic) bond motifs is 1. The van der Waals surface area contributed by atoms with E-state index in [4.69, 9.17) is 0 Å². The highest BCUT2D eigenvalue weighted by atomic mass is 16.2. The van der Waals surface area contributed by atoms with E-state index in [0.717, 1.165) is 54.3 Å². The lowest BCUT2D eigenvalue weighted by Gasteiger charge is -2.32. The van der Waals surface area contributed by atoms with Crippen LogP contribution in [0.15, 0.2) is 35.1 Å². The Morgan fingerprint density at radius 3 is 2.47 bits per heavy atom. The van der Waals surface area contributed by atoms with E-state index in [1.165, 1.54) is 4.52 Å².